The Morgan fingerprint density at radius 2 is 1.07 bits per heavy atom. The third kappa shape index (κ3) is 12.9. The maximum Gasteiger partial charge on any atom is 0.0367 e. The quantitative estimate of drug-likeness (QED) is 0.253. The molecule has 0 saturated carbocycles. The van der Waals surface area contributed by atoms with Gasteiger partial charge in [0.15, 0.2) is 0 Å². The SMILES string of the molecule is CCCCCCCCCCCCCCCCCCc1ccc(NC)c(C)c1. The summed E-state index contributed by atoms with van der Waals surface area (Å²) >= 11 is 0. The molecule has 1 aromatic carbocycles. The highest BCUT2D eigenvalue weighted by molar-refractivity contribution is 5.51. The van der Waals surface area contributed by atoms with Crippen LogP contribution in [0.2, 0.25) is 0 Å². The van der Waals surface area contributed by atoms with Gasteiger partial charge < -0.3 is 5.32 Å². The third-order valence-corrected chi connectivity index (χ3v) is 5.88. The molecule has 0 heterocycles. The zero-order valence-electron chi connectivity index (χ0n) is 18.8. The van der Waals surface area contributed by atoms with E-state index in [-0.39, 0.29) is 0 Å². The highest BCUT2D eigenvalue weighted by atomic mass is 14.8. The van der Waals surface area contributed by atoms with Crippen LogP contribution in [0.15, 0.2) is 18.2 Å². The third-order valence-electron chi connectivity index (χ3n) is 5.88. The molecule has 0 aliphatic rings. The minimum Gasteiger partial charge on any atom is -0.388 e. The fourth-order valence-corrected chi connectivity index (χ4v) is 4.04. The van der Waals surface area contributed by atoms with Gasteiger partial charge >= 0.3 is 0 Å². The van der Waals surface area contributed by atoms with Crippen LogP contribution in [-0.4, -0.2) is 7.05 Å². The first-order chi connectivity index (χ1) is 13.3. The molecule has 0 amide bonds. The fourth-order valence-electron chi connectivity index (χ4n) is 4.04. The highest BCUT2D eigenvalue weighted by Gasteiger charge is 1.99. The summed E-state index contributed by atoms with van der Waals surface area (Å²) in [5.41, 5.74) is 4.12. The van der Waals surface area contributed by atoms with E-state index in [0.29, 0.717) is 0 Å². The van der Waals surface area contributed by atoms with Crippen molar-refractivity contribution in [2.75, 3.05) is 12.4 Å². The van der Waals surface area contributed by atoms with E-state index in [1.807, 2.05) is 7.05 Å². The molecular formula is C26H47N. The van der Waals surface area contributed by atoms with E-state index < -0.39 is 0 Å². The van der Waals surface area contributed by atoms with E-state index in [2.05, 4.69) is 37.4 Å². The molecular weight excluding hydrogens is 326 g/mol. The van der Waals surface area contributed by atoms with E-state index in [1.54, 1.807) is 0 Å². The number of anilines is 1. The molecule has 1 rings (SSSR count). The van der Waals surface area contributed by atoms with Gasteiger partial charge in [-0.3, -0.25) is 0 Å². The van der Waals surface area contributed by atoms with Crippen molar-refractivity contribution < 1.29 is 0 Å². The molecule has 0 atom stereocenters. The number of unbranched alkanes of at least 4 members (excludes halogenated alkanes) is 15. The molecule has 0 spiro atoms. The van der Waals surface area contributed by atoms with Gasteiger partial charge in [-0.2, -0.15) is 0 Å². The zero-order valence-corrected chi connectivity index (χ0v) is 18.8. The van der Waals surface area contributed by atoms with Crippen LogP contribution in [0.4, 0.5) is 5.69 Å². The number of hydrogen-bond donors (Lipinski definition) is 1. The van der Waals surface area contributed by atoms with Crippen LogP contribution in [0.25, 0.3) is 0 Å². The lowest BCUT2D eigenvalue weighted by molar-refractivity contribution is 0.529. The second-order valence-electron chi connectivity index (χ2n) is 8.45. The zero-order chi connectivity index (χ0) is 19.6. The average molecular weight is 374 g/mol. The van der Waals surface area contributed by atoms with Gasteiger partial charge in [0.2, 0.25) is 0 Å². The molecule has 0 fully saturated rings. The molecule has 156 valence electrons. The Balaban J connectivity index is 1.82. The maximum atomic E-state index is 3.25. The summed E-state index contributed by atoms with van der Waals surface area (Å²) in [6, 6.07) is 6.85. The van der Waals surface area contributed by atoms with Crippen LogP contribution in [0.5, 0.6) is 0 Å². The van der Waals surface area contributed by atoms with Gasteiger partial charge in [0.1, 0.15) is 0 Å². The summed E-state index contributed by atoms with van der Waals surface area (Å²) in [6.07, 6.45) is 24.3. The van der Waals surface area contributed by atoms with Crippen molar-refractivity contribution in [3.8, 4) is 0 Å². The second-order valence-corrected chi connectivity index (χ2v) is 8.45. The smallest absolute Gasteiger partial charge is 0.0367 e. The average Bonchev–Trinajstić information content (AvgIpc) is 2.68. The molecule has 0 bridgehead atoms. The standard InChI is InChI=1S/C26H47N/c1-4-5-6-7-8-9-10-11-12-13-14-15-16-17-18-19-20-25-21-22-26(27-3)24(2)23-25/h21-23,27H,4-20H2,1-3H3. The molecule has 0 aliphatic heterocycles. The van der Waals surface area contributed by atoms with Gasteiger partial charge in [0.25, 0.3) is 0 Å². The first kappa shape index (κ1) is 24.1. The predicted octanol–water partition coefficient (Wildman–Crippen LogP) is 8.84. The number of aryl methyl sites for hydroxylation is 2. The van der Waals surface area contributed by atoms with Crippen LogP contribution in [0, 0.1) is 6.92 Å². The first-order valence-electron chi connectivity index (χ1n) is 12.0. The minimum absolute atomic E-state index is 1.24. The van der Waals surface area contributed by atoms with Crippen molar-refractivity contribution in [3.05, 3.63) is 29.3 Å². The maximum absolute atomic E-state index is 3.25. The van der Waals surface area contributed by atoms with Crippen molar-refractivity contribution in [1.29, 1.82) is 0 Å². The lowest BCUT2D eigenvalue weighted by atomic mass is 10.0. The number of rotatable bonds is 18. The number of hydrogen-bond acceptors (Lipinski definition) is 1. The molecule has 0 aromatic heterocycles. The van der Waals surface area contributed by atoms with Gasteiger partial charge in [-0.1, -0.05) is 115 Å². The Hall–Kier alpha value is -0.980. The lowest BCUT2D eigenvalue weighted by Gasteiger charge is -2.08. The molecule has 1 nitrogen and oxygen atoms in total. The first-order valence-corrected chi connectivity index (χ1v) is 12.0. The Labute approximate surface area is 170 Å². The van der Waals surface area contributed by atoms with E-state index in [4.69, 9.17) is 0 Å². The van der Waals surface area contributed by atoms with Gasteiger partial charge in [0.05, 0.1) is 0 Å². The Morgan fingerprint density at radius 3 is 1.48 bits per heavy atom. The van der Waals surface area contributed by atoms with Crippen LogP contribution in [0.1, 0.15) is 121 Å². The van der Waals surface area contributed by atoms with E-state index in [9.17, 15) is 0 Å². The Morgan fingerprint density at radius 1 is 0.630 bits per heavy atom. The topological polar surface area (TPSA) is 12.0 Å². The number of benzene rings is 1. The van der Waals surface area contributed by atoms with Gasteiger partial charge in [-0.05, 0) is 37.0 Å². The van der Waals surface area contributed by atoms with Gasteiger partial charge in [-0.25, -0.2) is 0 Å². The molecule has 1 aromatic rings. The Kier molecular flexibility index (Phi) is 15.3. The molecule has 1 heteroatoms. The van der Waals surface area contributed by atoms with Gasteiger partial charge in [0, 0.05) is 12.7 Å². The molecule has 27 heavy (non-hydrogen) atoms. The van der Waals surface area contributed by atoms with E-state index in [0.717, 1.165) is 0 Å². The van der Waals surface area contributed by atoms with E-state index >= 15 is 0 Å². The van der Waals surface area contributed by atoms with Crippen LogP contribution >= 0.6 is 0 Å². The van der Waals surface area contributed by atoms with Crippen molar-refractivity contribution in [2.45, 2.75) is 123 Å². The van der Waals surface area contributed by atoms with Gasteiger partial charge in [-0.15, -0.1) is 0 Å². The van der Waals surface area contributed by atoms with E-state index in [1.165, 1.54) is 126 Å². The summed E-state index contributed by atoms with van der Waals surface area (Å²) in [7, 11) is 2.00. The summed E-state index contributed by atoms with van der Waals surface area (Å²) < 4.78 is 0. The molecule has 0 unspecified atom stereocenters. The summed E-state index contributed by atoms with van der Waals surface area (Å²) in [4.78, 5) is 0. The van der Waals surface area contributed by atoms with Crippen LogP contribution in [-0.2, 0) is 6.42 Å². The van der Waals surface area contributed by atoms with Crippen LogP contribution in [0.3, 0.4) is 0 Å². The summed E-state index contributed by atoms with van der Waals surface area (Å²) in [5, 5.41) is 3.25. The Bertz CT molecular complexity index is 452. The molecule has 0 saturated heterocycles. The monoisotopic (exact) mass is 373 g/mol. The number of nitrogens with one attached hydrogen (secondary N) is 1. The molecule has 0 radical (unpaired) electrons. The second kappa shape index (κ2) is 17.1. The summed E-state index contributed by atoms with van der Waals surface area (Å²) in [6.45, 7) is 4.49. The minimum atomic E-state index is 1.24. The highest BCUT2D eigenvalue weighted by Crippen LogP contribution is 2.18. The normalized spacial score (nSPS) is 11.1. The van der Waals surface area contributed by atoms with Crippen molar-refractivity contribution >= 4 is 5.69 Å². The van der Waals surface area contributed by atoms with Crippen molar-refractivity contribution in [2.24, 2.45) is 0 Å². The summed E-state index contributed by atoms with van der Waals surface area (Å²) in [5.74, 6) is 0. The molecule has 1 N–H and O–H groups in total. The van der Waals surface area contributed by atoms with Crippen LogP contribution < -0.4 is 5.32 Å². The fraction of sp³-hybridized carbons (Fsp3) is 0.769. The molecule has 0 aliphatic carbocycles. The predicted molar refractivity (Wildman–Crippen MR) is 124 cm³/mol. The van der Waals surface area contributed by atoms with Crippen molar-refractivity contribution in [1.82, 2.24) is 0 Å². The largest absolute Gasteiger partial charge is 0.388 e. The van der Waals surface area contributed by atoms with Crippen molar-refractivity contribution in [3.63, 3.8) is 0 Å². The lowest BCUT2D eigenvalue weighted by Crippen LogP contribution is -1.93.